The number of hydrogen-bond donors (Lipinski definition) is 1. The van der Waals surface area contributed by atoms with Gasteiger partial charge in [-0.05, 0) is 32.9 Å². The van der Waals surface area contributed by atoms with Crippen molar-refractivity contribution in [3.63, 3.8) is 0 Å². The number of morpholine rings is 1. The minimum absolute atomic E-state index is 0.177. The minimum Gasteiger partial charge on any atom is -0.384 e. The van der Waals surface area contributed by atoms with Gasteiger partial charge in [0.05, 0.1) is 17.9 Å². The third-order valence-corrected chi connectivity index (χ3v) is 3.81. The van der Waals surface area contributed by atoms with E-state index in [0.717, 1.165) is 35.7 Å². The molecule has 1 fully saturated rings. The Balaban J connectivity index is 2.05. The molecule has 1 aliphatic rings. The summed E-state index contributed by atoms with van der Waals surface area (Å²) in [5.74, 6) is 1.44. The maximum Gasteiger partial charge on any atom is 0.140 e. The monoisotopic (exact) mass is 299 g/mol. The fraction of sp³-hybridized carbons (Fsp3) is 0.438. The van der Waals surface area contributed by atoms with Gasteiger partial charge in [0.15, 0.2) is 0 Å². The number of nitrogens with zero attached hydrogens (tertiary/aromatic N) is 4. The maximum absolute atomic E-state index is 5.82. The molecule has 3 heterocycles. The number of rotatable bonds is 2. The van der Waals surface area contributed by atoms with E-state index in [2.05, 4.69) is 33.7 Å². The van der Waals surface area contributed by atoms with Gasteiger partial charge in [0, 0.05) is 30.4 Å². The number of nitrogen functional groups attached to an aromatic ring is 1. The number of hydrogen-bond acceptors (Lipinski definition) is 6. The molecular weight excluding hydrogens is 278 g/mol. The number of pyridine rings is 1. The average Bonchev–Trinajstić information content (AvgIpc) is 2.47. The van der Waals surface area contributed by atoms with Gasteiger partial charge in [0.2, 0.25) is 0 Å². The van der Waals surface area contributed by atoms with E-state index < -0.39 is 0 Å². The molecule has 0 unspecified atom stereocenters. The second kappa shape index (κ2) is 5.88. The Kier molecular flexibility index (Phi) is 3.94. The summed E-state index contributed by atoms with van der Waals surface area (Å²) in [5.41, 5.74) is 8.62. The highest BCUT2D eigenvalue weighted by atomic mass is 16.5. The first-order valence-electron chi connectivity index (χ1n) is 7.48. The molecule has 0 amide bonds. The van der Waals surface area contributed by atoms with Gasteiger partial charge in [-0.2, -0.15) is 0 Å². The first-order chi connectivity index (χ1) is 10.5. The van der Waals surface area contributed by atoms with Crippen molar-refractivity contribution in [1.82, 2.24) is 15.0 Å². The van der Waals surface area contributed by atoms with Crippen LogP contribution in [-0.2, 0) is 4.74 Å². The highest BCUT2D eigenvalue weighted by Gasteiger charge is 2.26. The number of aromatic nitrogens is 3. The van der Waals surface area contributed by atoms with Crippen LogP contribution in [0.2, 0.25) is 0 Å². The molecule has 2 N–H and O–H groups in total. The van der Waals surface area contributed by atoms with E-state index in [4.69, 9.17) is 10.5 Å². The first-order valence-corrected chi connectivity index (χ1v) is 7.48. The zero-order chi connectivity index (χ0) is 15.7. The van der Waals surface area contributed by atoms with E-state index >= 15 is 0 Å². The largest absolute Gasteiger partial charge is 0.384 e. The van der Waals surface area contributed by atoms with Crippen molar-refractivity contribution in [1.29, 1.82) is 0 Å². The number of nitrogens with two attached hydrogens (primary N) is 1. The fourth-order valence-corrected chi connectivity index (χ4v) is 2.94. The molecule has 0 radical (unpaired) electrons. The SMILES string of the molecule is Cc1ncnc(N2C[C@@H](C)O[C@@H](C)C2)c1-c1ccc(N)nc1. The molecule has 2 aromatic heterocycles. The molecule has 6 nitrogen and oxygen atoms in total. The molecular formula is C16H21N5O. The van der Waals surface area contributed by atoms with Crippen LogP contribution in [0.15, 0.2) is 24.7 Å². The van der Waals surface area contributed by atoms with Gasteiger partial charge in [0.25, 0.3) is 0 Å². The summed E-state index contributed by atoms with van der Waals surface area (Å²) < 4.78 is 5.82. The van der Waals surface area contributed by atoms with Crippen molar-refractivity contribution < 1.29 is 4.74 Å². The lowest BCUT2D eigenvalue weighted by molar-refractivity contribution is -0.00543. The van der Waals surface area contributed by atoms with Gasteiger partial charge in [-0.15, -0.1) is 0 Å². The predicted molar refractivity (Wildman–Crippen MR) is 86.6 cm³/mol. The van der Waals surface area contributed by atoms with E-state index in [-0.39, 0.29) is 12.2 Å². The van der Waals surface area contributed by atoms with E-state index in [1.54, 1.807) is 18.6 Å². The molecule has 3 rings (SSSR count). The Morgan fingerprint density at radius 1 is 1.14 bits per heavy atom. The molecule has 22 heavy (non-hydrogen) atoms. The summed E-state index contributed by atoms with van der Waals surface area (Å²) in [5, 5.41) is 0. The maximum atomic E-state index is 5.82. The van der Waals surface area contributed by atoms with Crippen LogP contribution in [-0.4, -0.2) is 40.2 Å². The smallest absolute Gasteiger partial charge is 0.140 e. The Hall–Kier alpha value is -2.21. The highest BCUT2D eigenvalue weighted by molar-refractivity contribution is 5.77. The van der Waals surface area contributed by atoms with Gasteiger partial charge in [0.1, 0.15) is 18.0 Å². The van der Waals surface area contributed by atoms with Crippen molar-refractivity contribution in [3.8, 4) is 11.1 Å². The van der Waals surface area contributed by atoms with Crippen molar-refractivity contribution in [2.24, 2.45) is 0 Å². The Labute approximate surface area is 130 Å². The van der Waals surface area contributed by atoms with E-state index in [1.807, 2.05) is 13.0 Å². The summed E-state index contributed by atoms with van der Waals surface area (Å²) in [7, 11) is 0. The van der Waals surface area contributed by atoms with Crippen LogP contribution in [0.1, 0.15) is 19.5 Å². The normalized spacial score (nSPS) is 21.9. The molecule has 0 saturated carbocycles. The molecule has 1 saturated heterocycles. The van der Waals surface area contributed by atoms with Crippen LogP contribution >= 0.6 is 0 Å². The Morgan fingerprint density at radius 3 is 2.50 bits per heavy atom. The molecule has 0 aliphatic carbocycles. The van der Waals surface area contributed by atoms with Crippen molar-refractivity contribution in [2.45, 2.75) is 33.0 Å². The Morgan fingerprint density at radius 2 is 1.86 bits per heavy atom. The number of anilines is 2. The van der Waals surface area contributed by atoms with E-state index in [9.17, 15) is 0 Å². The summed E-state index contributed by atoms with van der Waals surface area (Å²) in [6.45, 7) is 7.79. The van der Waals surface area contributed by atoms with Crippen molar-refractivity contribution in [3.05, 3.63) is 30.4 Å². The van der Waals surface area contributed by atoms with Crippen LogP contribution in [0.3, 0.4) is 0 Å². The second-order valence-corrected chi connectivity index (χ2v) is 5.79. The van der Waals surface area contributed by atoms with Gasteiger partial charge in [-0.3, -0.25) is 0 Å². The molecule has 0 spiro atoms. The zero-order valence-corrected chi connectivity index (χ0v) is 13.2. The number of aryl methyl sites for hydroxylation is 1. The molecule has 2 atom stereocenters. The average molecular weight is 299 g/mol. The third kappa shape index (κ3) is 2.87. The lowest BCUT2D eigenvalue weighted by Crippen LogP contribution is -2.46. The minimum atomic E-state index is 0.177. The molecule has 1 aliphatic heterocycles. The zero-order valence-electron chi connectivity index (χ0n) is 13.2. The third-order valence-electron chi connectivity index (χ3n) is 3.81. The van der Waals surface area contributed by atoms with Gasteiger partial charge < -0.3 is 15.4 Å². The van der Waals surface area contributed by atoms with Crippen LogP contribution in [0.5, 0.6) is 0 Å². The van der Waals surface area contributed by atoms with Gasteiger partial charge >= 0.3 is 0 Å². The predicted octanol–water partition coefficient (Wildman–Crippen LogP) is 2.04. The molecule has 0 aromatic carbocycles. The quantitative estimate of drug-likeness (QED) is 0.914. The van der Waals surface area contributed by atoms with Crippen LogP contribution in [0.25, 0.3) is 11.1 Å². The molecule has 6 heteroatoms. The lowest BCUT2D eigenvalue weighted by atomic mass is 10.1. The van der Waals surface area contributed by atoms with Crippen LogP contribution in [0, 0.1) is 6.92 Å². The van der Waals surface area contributed by atoms with Gasteiger partial charge in [-0.25, -0.2) is 15.0 Å². The standard InChI is InChI=1S/C16H21N5O/c1-10-7-21(8-11(2)22-10)16-15(12(3)19-9-20-16)13-4-5-14(17)18-6-13/h4-6,9-11H,7-8H2,1-3H3,(H2,17,18)/t10-,11+. The molecule has 0 bridgehead atoms. The van der Waals surface area contributed by atoms with Crippen molar-refractivity contribution in [2.75, 3.05) is 23.7 Å². The fourth-order valence-electron chi connectivity index (χ4n) is 2.94. The second-order valence-electron chi connectivity index (χ2n) is 5.79. The number of ether oxygens (including phenoxy) is 1. The van der Waals surface area contributed by atoms with Crippen LogP contribution < -0.4 is 10.6 Å². The van der Waals surface area contributed by atoms with Gasteiger partial charge in [-0.1, -0.05) is 0 Å². The highest BCUT2D eigenvalue weighted by Crippen LogP contribution is 2.32. The van der Waals surface area contributed by atoms with Crippen molar-refractivity contribution >= 4 is 11.6 Å². The topological polar surface area (TPSA) is 77.2 Å². The van der Waals surface area contributed by atoms with E-state index in [0.29, 0.717) is 5.82 Å². The van der Waals surface area contributed by atoms with E-state index in [1.165, 1.54) is 0 Å². The lowest BCUT2D eigenvalue weighted by Gasteiger charge is -2.37. The Bertz CT molecular complexity index is 648. The summed E-state index contributed by atoms with van der Waals surface area (Å²) in [4.78, 5) is 15.3. The van der Waals surface area contributed by atoms with Crippen LogP contribution in [0.4, 0.5) is 11.6 Å². The summed E-state index contributed by atoms with van der Waals surface area (Å²) >= 11 is 0. The summed E-state index contributed by atoms with van der Waals surface area (Å²) in [6.07, 6.45) is 3.74. The summed E-state index contributed by atoms with van der Waals surface area (Å²) in [6, 6.07) is 3.76. The molecule has 116 valence electrons. The first kappa shape index (κ1) is 14.7. The molecule has 2 aromatic rings.